The summed E-state index contributed by atoms with van der Waals surface area (Å²) in [5.41, 5.74) is 5.67. The number of nitrogens with zero attached hydrogens (tertiary/aromatic N) is 4. The maximum Gasteiger partial charge on any atom is 0.224 e. The number of halogens is 1. The third kappa shape index (κ3) is 3.05. The van der Waals surface area contributed by atoms with Crippen LogP contribution in [0.5, 0.6) is 0 Å². The third-order valence-corrected chi connectivity index (χ3v) is 2.63. The fourth-order valence-electron chi connectivity index (χ4n) is 1.34. The van der Waals surface area contributed by atoms with E-state index in [1.807, 2.05) is 12.3 Å². The summed E-state index contributed by atoms with van der Waals surface area (Å²) in [6.45, 7) is 2.95. The van der Waals surface area contributed by atoms with Crippen molar-refractivity contribution in [1.82, 2.24) is 19.7 Å². The van der Waals surface area contributed by atoms with E-state index in [0.717, 1.165) is 22.4 Å². The summed E-state index contributed by atoms with van der Waals surface area (Å²) in [5, 5.41) is 7.36. The van der Waals surface area contributed by atoms with Crippen LogP contribution in [0.2, 0.25) is 0 Å². The van der Waals surface area contributed by atoms with Gasteiger partial charge in [0.2, 0.25) is 5.95 Å². The highest BCUT2D eigenvalue weighted by Gasteiger charge is 2.05. The largest absolute Gasteiger partial charge is 0.370 e. The van der Waals surface area contributed by atoms with Crippen molar-refractivity contribution in [2.24, 2.45) is 0 Å². The Labute approximate surface area is 113 Å². The van der Waals surface area contributed by atoms with Crippen molar-refractivity contribution in [2.75, 3.05) is 17.6 Å². The van der Waals surface area contributed by atoms with E-state index >= 15 is 0 Å². The second kappa shape index (κ2) is 5.30. The van der Waals surface area contributed by atoms with Gasteiger partial charge in [0, 0.05) is 18.8 Å². The zero-order chi connectivity index (χ0) is 12.3. The Kier molecular flexibility index (Phi) is 3.77. The minimum atomic E-state index is 0.242. The molecule has 0 fully saturated rings. The smallest absolute Gasteiger partial charge is 0.224 e. The van der Waals surface area contributed by atoms with E-state index in [4.69, 9.17) is 5.73 Å². The summed E-state index contributed by atoms with van der Waals surface area (Å²) in [5.74, 6) is 1.63. The molecule has 6 nitrogen and oxygen atoms in total. The average molecular weight is 344 g/mol. The van der Waals surface area contributed by atoms with Gasteiger partial charge in [-0.25, -0.2) is 4.68 Å². The zero-order valence-corrected chi connectivity index (χ0v) is 11.5. The molecule has 0 saturated heterocycles. The van der Waals surface area contributed by atoms with Crippen molar-refractivity contribution in [2.45, 2.75) is 13.3 Å². The second-order valence-corrected chi connectivity index (χ2v) is 4.75. The van der Waals surface area contributed by atoms with E-state index in [-0.39, 0.29) is 5.95 Å². The van der Waals surface area contributed by atoms with Crippen molar-refractivity contribution < 1.29 is 0 Å². The highest BCUT2D eigenvalue weighted by Crippen LogP contribution is 2.13. The zero-order valence-electron chi connectivity index (χ0n) is 9.39. The molecule has 0 aromatic carbocycles. The molecule has 2 rings (SSSR count). The number of anilines is 2. The van der Waals surface area contributed by atoms with Crippen LogP contribution in [0.15, 0.2) is 18.5 Å². The van der Waals surface area contributed by atoms with Crippen LogP contribution in [-0.2, 0) is 0 Å². The normalized spacial score (nSPS) is 10.5. The van der Waals surface area contributed by atoms with E-state index in [2.05, 4.69) is 49.9 Å². The molecule has 2 heterocycles. The van der Waals surface area contributed by atoms with E-state index in [1.54, 1.807) is 10.9 Å². The highest BCUT2D eigenvalue weighted by atomic mass is 127. The lowest BCUT2D eigenvalue weighted by Gasteiger charge is -2.07. The number of rotatable bonds is 4. The molecule has 2 aromatic heterocycles. The van der Waals surface area contributed by atoms with Gasteiger partial charge in [-0.15, -0.1) is 0 Å². The van der Waals surface area contributed by atoms with Crippen molar-refractivity contribution in [3.05, 3.63) is 22.0 Å². The summed E-state index contributed by atoms with van der Waals surface area (Å²) in [7, 11) is 0. The lowest BCUT2D eigenvalue weighted by Crippen LogP contribution is -2.08. The van der Waals surface area contributed by atoms with Crippen LogP contribution in [0.25, 0.3) is 5.82 Å². The molecule has 0 atom stereocenters. The van der Waals surface area contributed by atoms with E-state index in [1.165, 1.54) is 0 Å². The molecule has 0 bridgehead atoms. The first-order valence-electron chi connectivity index (χ1n) is 5.28. The Balaban J connectivity index is 2.31. The molecule has 7 heteroatoms. The van der Waals surface area contributed by atoms with Gasteiger partial charge in [-0.2, -0.15) is 15.1 Å². The third-order valence-electron chi connectivity index (χ3n) is 2.07. The number of hydrogen-bond acceptors (Lipinski definition) is 5. The maximum atomic E-state index is 5.67. The van der Waals surface area contributed by atoms with Crippen LogP contribution in [0.1, 0.15) is 13.3 Å². The molecule has 0 unspecified atom stereocenters. The molecule has 90 valence electrons. The standard InChI is InChI=1S/C10H13IN6/c1-2-3-13-8-4-9(16-10(12)15-8)17-6-7(11)5-14-17/h4-6H,2-3H2,1H3,(H3,12,13,15,16). The van der Waals surface area contributed by atoms with Gasteiger partial charge in [0.25, 0.3) is 0 Å². The number of nitrogens with two attached hydrogens (primary N) is 1. The number of nitrogens with one attached hydrogen (secondary N) is 1. The molecule has 0 amide bonds. The highest BCUT2D eigenvalue weighted by molar-refractivity contribution is 14.1. The minimum Gasteiger partial charge on any atom is -0.370 e. The van der Waals surface area contributed by atoms with Crippen LogP contribution in [0.4, 0.5) is 11.8 Å². The molecule has 17 heavy (non-hydrogen) atoms. The maximum absolute atomic E-state index is 5.67. The van der Waals surface area contributed by atoms with Gasteiger partial charge in [0.05, 0.1) is 9.77 Å². The summed E-state index contributed by atoms with van der Waals surface area (Å²) < 4.78 is 2.72. The Morgan fingerprint density at radius 1 is 1.47 bits per heavy atom. The molecule has 3 N–H and O–H groups in total. The average Bonchev–Trinajstić information content (AvgIpc) is 2.72. The summed E-state index contributed by atoms with van der Waals surface area (Å²) in [6.07, 6.45) is 4.67. The van der Waals surface area contributed by atoms with E-state index in [0.29, 0.717) is 5.82 Å². The lowest BCUT2D eigenvalue weighted by atomic mass is 10.4. The van der Waals surface area contributed by atoms with Gasteiger partial charge >= 0.3 is 0 Å². The Morgan fingerprint density at radius 2 is 2.29 bits per heavy atom. The monoisotopic (exact) mass is 344 g/mol. The Morgan fingerprint density at radius 3 is 2.94 bits per heavy atom. The van der Waals surface area contributed by atoms with Crippen LogP contribution in [0, 0.1) is 3.57 Å². The molecular formula is C10H13IN6. The van der Waals surface area contributed by atoms with Gasteiger partial charge in [-0.3, -0.25) is 0 Å². The van der Waals surface area contributed by atoms with Crippen molar-refractivity contribution in [3.63, 3.8) is 0 Å². The van der Waals surface area contributed by atoms with E-state index < -0.39 is 0 Å². The van der Waals surface area contributed by atoms with Crippen LogP contribution >= 0.6 is 22.6 Å². The van der Waals surface area contributed by atoms with Gasteiger partial charge in [0.15, 0.2) is 5.82 Å². The summed E-state index contributed by atoms with van der Waals surface area (Å²) >= 11 is 2.19. The minimum absolute atomic E-state index is 0.242. The van der Waals surface area contributed by atoms with Crippen molar-refractivity contribution in [1.29, 1.82) is 0 Å². The predicted octanol–water partition coefficient (Wildman–Crippen LogP) is 1.67. The predicted molar refractivity (Wildman–Crippen MR) is 75.1 cm³/mol. The van der Waals surface area contributed by atoms with Gasteiger partial charge in [0.1, 0.15) is 5.82 Å². The fraction of sp³-hybridized carbons (Fsp3) is 0.300. The second-order valence-electron chi connectivity index (χ2n) is 3.50. The SMILES string of the molecule is CCCNc1cc(-n2cc(I)cn2)nc(N)n1. The van der Waals surface area contributed by atoms with Crippen LogP contribution in [-0.4, -0.2) is 26.3 Å². The first kappa shape index (κ1) is 12.1. The van der Waals surface area contributed by atoms with E-state index in [9.17, 15) is 0 Å². The molecule has 0 radical (unpaired) electrons. The van der Waals surface area contributed by atoms with Gasteiger partial charge < -0.3 is 11.1 Å². The Hall–Kier alpha value is -1.38. The topological polar surface area (TPSA) is 81.7 Å². The lowest BCUT2D eigenvalue weighted by molar-refractivity contribution is 0.841. The van der Waals surface area contributed by atoms with Crippen LogP contribution < -0.4 is 11.1 Å². The number of hydrogen-bond donors (Lipinski definition) is 2. The molecule has 0 spiro atoms. The number of aromatic nitrogens is 4. The molecule has 0 aliphatic rings. The molecule has 2 aromatic rings. The van der Waals surface area contributed by atoms with Gasteiger partial charge in [-0.1, -0.05) is 6.92 Å². The summed E-state index contributed by atoms with van der Waals surface area (Å²) in [4.78, 5) is 8.27. The molecule has 0 aliphatic carbocycles. The first-order chi connectivity index (χ1) is 8.19. The summed E-state index contributed by atoms with van der Waals surface area (Å²) in [6, 6.07) is 1.83. The number of nitrogen functional groups attached to an aromatic ring is 1. The molecule has 0 aliphatic heterocycles. The van der Waals surface area contributed by atoms with Gasteiger partial charge in [-0.05, 0) is 29.0 Å². The quantitative estimate of drug-likeness (QED) is 0.825. The Bertz CT molecular complexity index is 509. The molecular weight excluding hydrogens is 331 g/mol. The van der Waals surface area contributed by atoms with Crippen molar-refractivity contribution >= 4 is 34.4 Å². The van der Waals surface area contributed by atoms with Crippen LogP contribution in [0.3, 0.4) is 0 Å². The first-order valence-corrected chi connectivity index (χ1v) is 6.36. The fourth-order valence-corrected chi connectivity index (χ4v) is 1.73. The molecule has 0 saturated carbocycles. The van der Waals surface area contributed by atoms with Crippen molar-refractivity contribution in [3.8, 4) is 5.82 Å².